The number of aromatic nitrogens is 1. The van der Waals surface area contributed by atoms with E-state index in [9.17, 15) is 4.79 Å². The van der Waals surface area contributed by atoms with Crippen LogP contribution in [-0.2, 0) is 6.42 Å². The lowest BCUT2D eigenvalue weighted by Gasteiger charge is -2.02. The quantitative estimate of drug-likeness (QED) is 0.750. The third-order valence-electron chi connectivity index (χ3n) is 4.15. The summed E-state index contributed by atoms with van der Waals surface area (Å²) in [6, 6.07) is 13.7. The number of rotatable bonds is 3. The average Bonchev–Trinajstić information content (AvgIpc) is 3.25. The Morgan fingerprint density at radius 1 is 1.17 bits per heavy atom. The maximum atomic E-state index is 11.1. The summed E-state index contributed by atoms with van der Waals surface area (Å²) in [7, 11) is 0. The number of furan rings is 1. The van der Waals surface area contributed by atoms with E-state index in [0.29, 0.717) is 0 Å². The van der Waals surface area contributed by atoms with Gasteiger partial charge in [-0.1, -0.05) is 24.3 Å². The minimum Gasteiger partial charge on any atom is -0.477 e. The van der Waals surface area contributed by atoms with Crippen LogP contribution in [-0.4, -0.2) is 16.1 Å². The predicted octanol–water partition coefficient (Wildman–Crippen LogP) is 4.46. The molecule has 2 N–H and O–H groups in total. The number of aromatic carboxylic acids is 1. The minimum absolute atomic E-state index is 0.255. The second kappa shape index (κ2) is 5.32. The van der Waals surface area contributed by atoms with Gasteiger partial charge in [-0.05, 0) is 53.8 Å². The molecule has 0 amide bonds. The number of carboxylic acid groups (broad SMARTS) is 1. The smallest absolute Gasteiger partial charge is 0.352 e. The van der Waals surface area contributed by atoms with Crippen molar-refractivity contribution in [3.05, 3.63) is 71.2 Å². The summed E-state index contributed by atoms with van der Waals surface area (Å²) in [6.07, 6.45) is 5.56. The molecular weight excluding hydrogens is 290 g/mol. The second-order valence-electron chi connectivity index (χ2n) is 5.65. The molecule has 2 aromatic heterocycles. The fraction of sp³-hybridized carbons (Fsp3) is 0.105. The minimum atomic E-state index is -0.918. The van der Waals surface area contributed by atoms with Crippen molar-refractivity contribution in [1.82, 2.24) is 4.98 Å². The van der Waals surface area contributed by atoms with Gasteiger partial charge < -0.3 is 14.5 Å². The van der Waals surface area contributed by atoms with E-state index in [1.165, 1.54) is 5.57 Å². The summed E-state index contributed by atoms with van der Waals surface area (Å²) < 4.78 is 5.44. The van der Waals surface area contributed by atoms with Crippen LogP contribution in [0.3, 0.4) is 0 Å². The van der Waals surface area contributed by atoms with E-state index in [-0.39, 0.29) is 5.69 Å². The SMILES string of the molecule is O=C(O)c1cc2c([nH]1)CCC2=Cc1cccc(-c2ccco2)c1. The highest BCUT2D eigenvalue weighted by Gasteiger charge is 2.21. The molecule has 0 atom stereocenters. The van der Waals surface area contributed by atoms with Crippen LogP contribution in [0.15, 0.2) is 53.1 Å². The van der Waals surface area contributed by atoms with Gasteiger partial charge in [0.2, 0.25) is 0 Å². The standard InChI is InChI=1S/C19H15NO3/c21-19(22)17-11-15-13(6-7-16(15)20-17)9-12-3-1-4-14(10-12)18-5-2-8-23-18/h1-5,8-11,20H,6-7H2,(H,21,22). The highest BCUT2D eigenvalue weighted by Crippen LogP contribution is 2.34. The molecule has 4 heteroatoms. The van der Waals surface area contributed by atoms with Gasteiger partial charge in [-0.15, -0.1) is 0 Å². The van der Waals surface area contributed by atoms with Gasteiger partial charge in [-0.2, -0.15) is 0 Å². The molecule has 0 radical (unpaired) electrons. The second-order valence-corrected chi connectivity index (χ2v) is 5.65. The molecule has 1 aliphatic rings. The number of aryl methyl sites for hydroxylation is 1. The number of H-pyrrole nitrogens is 1. The van der Waals surface area contributed by atoms with Gasteiger partial charge in [0.05, 0.1) is 6.26 Å². The van der Waals surface area contributed by atoms with Gasteiger partial charge >= 0.3 is 5.97 Å². The number of fused-ring (bicyclic) bond motifs is 1. The molecule has 0 saturated heterocycles. The van der Waals surface area contributed by atoms with Crippen molar-refractivity contribution in [2.75, 3.05) is 0 Å². The Hall–Kier alpha value is -3.01. The first kappa shape index (κ1) is 13.6. The molecule has 4 rings (SSSR count). The van der Waals surface area contributed by atoms with Crippen molar-refractivity contribution in [2.24, 2.45) is 0 Å². The number of benzene rings is 1. The van der Waals surface area contributed by atoms with Crippen LogP contribution in [0.5, 0.6) is 0 Å². The molecule has 23 heavy (non-hydrogen) atoms. The van der Waals surface area contributed by atoms with Crippen molar-refractivity contribution >= 4 is 17.6 Å². The van der Waals surface area contributed by atoms with Gasteiger partial charge in [0, 0.05) is 11.3 Å². The first-order chi connectivity index (χ1) is 11.2. The molecule has 1 aliphatic carbocycles. The summed E-state index contributed by atoms with van der Waals surface area (Å²) in [4.78, 5) is 14.1. The van der Waals surface area contributed by atoms with Crippen LogP contribution in [0.1, 0.15) is 33.7 Å². The van der Waals surface area contributed by atoms with Crippen LogP contribution >= 0.6 is 0 Å². The Labute approximate surface area is 133 Å². The zero-order valence-corrected chi connectivity index (χ0v) is 12.4. The van der Waals surface area contributed by atoms with Gasteiger partial charge in [0.1, 0.15) is 11.5 Å². The normalized spacial score (nSPS) is 15.0. The highest BCUT2D eigenvalue weighted by atomic mass is 16.4. The van der Waals surface area contributed by atoms with Crippen molar-refractivity contribution in [3.63, 3.8) is 0 Å². The topological polar surface area (TPSA) is 66.2 Å². The van der Waals surface area contributed by atoms with Crippen LogP contribution in [0, 0.1) is 0 Å². The number of hydrogen-bond acceptors (Lipinski definition) is 2. The average molecular weight is 305 g/mol. The lowest BCUT2D eigenvalue weighted by atomic mass is 10.0. The number of carbonyl (C=O) groups is 1. The Bertz CT molecular complexity index is 901. The van der Waals surface area contributed by atoms with E-state index >= 15 is 0 Å². The molecule has 0 fully saturated rings. The summed E-state index contributed by atoms with van der Waals surface area (Å²) in [6.45, 7) is 0. The van der Waals surface area contributed by atoms with Gasteiger partial charge in [0.25, 0.3) is 0 Å². The lowest BCUT2D eigenvalue weighted by Crippen LogP contribution is -1.96. The molecule has 0 aliphatic heterocycles. The van der Waals surface area contributed by atoms with Crippen LogP contribution in [0.25, 0.3) is 23.0 Å². The van der Waals surface area contributed by atoms with Crippen LogP contribution < -0.4 is 0 Å². The van der Waals surface area contributed by atoms with Gasteiger partial charge in [0.15, 0.2) is 0 Å². The molecular formula is C19H15NO3. The molecule has 3 aromatic rings. The molecule has 0 unspecified atom stereocenters. The lowest BCUT2D eigenvalue weighted by molar-refractivity contribution is 0.0691. The number of aromatic amines is 1. The third-order valence-corrected chi connectivity index (χ3v) is 4.15. The highest BCUT2D eigenvalue weighted by molar-refractivity contribution is 5.91. The fourth-order valence-corrected chi connectivity index (χ4v) is 3.07. The Morgan fingerprint density at radius 2 is 2.09 bits per heavy atom. The summed E-state index contributed by atoms with van der Waals surface area (Å²) in [5.74, 6) is -0.0780. The summed E-state index contributed by atoms with van der Waals surface area (Å²) >= 11 is 0. The fourth-order valence-electron chi connectivity index (χ4n) is 3.07. The molecule has 1 aromatic carbocycles. The summed E-state index contributed by atoms with van der Waals surface area (Å²) in [5, 5.41) is 9.10. The third kappa shape index (κ3) is 2.48. The molecule has 0 bridgehead atoms. The number of nitrogens with one attached hydrogen (secondary N) is 1. The first-order valence-electron chi connectivity index (χ1n) is 7.51. The molecule has 0 spiro atoms. The first-order valence-corrected chi connectivity index (χ1v) is 7.51. The number of allylic oxidation sites excluding steroid dienone is 1. The van der Waals surface area contributed by atoms with Crippen molar-refractivity contribution in [2.45, 2.75) is 12.8 Å². The van der Waals surface area contributed by atoms with E-state index in [0.717, 1.165) is 41.0 Å². The van der Waals surface area contributed by atoms with Crippen molar-refractivity contribution in [1.29, 1.82) is 0 Å². The van der Waals surface area contributed by atoms with Crippen LogP contribution in [0.2, 0.25) is 0 Å². The maximum absolute atomic E-state index is 11.1. The van der Waals surface area contributed by atoms with E-state index < -0.39 is 5.97 Å². The molecule has 114 valence electrons. The van der Waals surface area contributed by atoms with Gasteiger partial charge in [-0.25, -0.2) is 4.79 Å². The number of carboxylic acids is 1. The monoisotopic (exact) mass is 305 g/mol. The summed E-state index contributed by atoms with van der Waals surface area (Å²) in [5.41, 5.74) is 5.56. The van der Waals surface area contributed by atoms with Crippen molar-refractivity contribution in [3.8, 4) is 11.3 Å². The van der Waals surface area contributed by atoms with E-state index in [4.69, 9.17) is 9.52 Å². The predicted molar refractivity (Wildman–Crippen MR) is 88.1 cm³/mol. The molecule has 2 heterocycles. The Balaban J connectivity index is 1.70. The Kier molecular flexibility index (Phi) is 3.15. The maximum Gasteiger partial charge on any atom is 0.352 e. The number of hydrogen-bond donors (Lipinski definition) is 2. The van der Waals surface area contributed by atoms with Crippen molar-refractivity contribution < 1.29 is 14.3 Å². The van der Waals surface area contributed by atoms with Gasteiger partial charge in [-0.3, -0.25) is 0 Å². The van der Waals surface area contributed by atoms with Crippen LogP contribution in [0.4, 0.5) is 0 Å². The zero-order valence-electron chi connectivity index (χ0n) is 12.4. The largest absolute Gasteiger partial charge is 0.477 e. The van der Waals surface area contributed by atoms with E-state index in [2.05, 4.69) is 17.1 Å². The zero-order chi connectivity index (χ0) is 15.8. The van der Waals surface area contributed by atoms with E-state index in [1.54, 1.807) is 12.3 Å². The molecule has 0 saturated carbocycles. The Morgan fingerprint density at radius 3 is 2.87 bits per heavy atom. The van der Waals surface area contributed by atoms with E-state index in [1.807, 2.05) is 30.3 Å². The molecule has 4 nitrogen and oxygen atoms in total.